The summed E-state index contributed by atoms with van der Waals surface area (Å²) in [5.74, 6) is 0.916. The first kappa shape index (κ1) is 18.3. The minimum atomic E-state index is -3.64. The van der Waals surface area contributed by atoms with Crippen molar-refractivity contribution in [2.45, 2.75) is 44.4 Å². The monoisotopic (exact) mass is 348 g/mol. The molecular formula is C18H24N2O3S. The van der Waals surface area contributed by atoms with Gasteiger partial charge in [-0.2, -0.15) is 0 Å². The van der Waals surface area contributed by atoms with Gasteiger partial charge in [0.25, 0.3) is 10.0 Å². The van der Waals surface area contributed by atoms with E-state index < -0.39 is 10.0 Å². The number of hydrogen-bond acceptors (Lipinski definition) is 4. The van der Waals surface area contributed by atoms with Crippen molar-refractivity contribution >= 4 is 15.7 Å². The third-order valence-corrected chi connectivity index (χ3v) is 4.98. The topological polar surface area (TPSA) is 68.3 Å². The van der Waals surface area contributed by atoms with E-state index in [1.165, 1.54) is 0 Å². The highest BCUT2D eigenvalue weighted by atomic mass is 32.2. The Hall–Kier alpha value is -2.08. The number of sulfonamides is 1. The second kappa shape index (κ2) is 8.15. The summed E-state index contributed by atoms with van der Waals surface area (Å²) < 4.78 is 33.5. The lowest BCUT2D eigenvalue weighted by Crippen LogP contribution is -2.13. The number of nitrogens with one attached hydrogen (secondary N) is 1. The summed E-state index contributed by atoms with van der Waals surface area (Å²) in [7, 11) is -3.64. The lowest BCUT2D eigenvalue weighted by atomic mass is 10.0. The van der Waals surface area contributed by atoms with E-state index >= 15 is 0 Å². The molecule has 24 heavy (non-hydrogen) atoms. The van der Waals surface area contributed by atoms with Crippen molar-refractivity contribution in [3.8, 4) is 5.75 Å². The van der Waals surface area contributed by atoms with Crippen molar-refractivity contribution in [1.29, 1.82) is 0 Å². The molecule has 130 valence electrons. The van der Waals surface area contributed by atoms with Crippen LogP contribution in [0.5, 0.6) is 5.75 Å². The van der Waals surface area contributed by atoms with Crippen LogP contribution in [0.4, 0.5) is 5.69 Å². The quantitative estimate of drug-likeness (QED) is 0.727. The van der Waals surface area contributed by atoms with Gasteiger partial charge in [0.2, 0.25) is 0 Å². The molecule has 0 aliphatic rings. The van der Waals surface area contributed by atoms with Gasteiger partial charge in [0.15, 0.2) is 0 Å². The van der Waals surface area contributed by atoms with E-state index in [1.807, 2.05) is 13.8 Å². The second-order valence-corrected chi connectivity index (χ2v) is 7.58. The van der Waals surface area contributed by atoms with E-state index in [-0.39, 0.29) is 10.8 Å². The average Bonchev–Trinajstić information content (AvgIpc) is 2.55. The Balaban J connectivity index is 2.28. The molecule has 1 aromatic heterocycles. The Morgan fingerprint density at radius 3 is 2.50 bits per heavy atom. The molecule has 1 N–H and O–H groups in total. The van der Waals surface area contributed by atoms with E-state index in [0.717, 1.165) is 24.2 Å². The molecule has 1 aromatic carbocycles. The minimum absolute atomic E-state index is 0.165. The zero-order chi connectivity index (χ0) is 17.6. The molecule has 0 aliphatic heterocycles. The third-order valence-electron chi connectivity index (χ3n) is 3.60. The maximum absolute atomic E-state index is 12.6. The highest BCUT2D eigenvalue weighted by Gasteiger charge is 2.18. The molecule has 0 bridgehead atoms. The largest absolute Gasteiger partial charge is 0.493 e. The molecule has 2 aromatic rings. The molecule has 2 rings (SSSR count). The SMILES string of the molecule is CCCCOc1ccc(S(=O)(=O)Nc2ccncc2)cc1C(C)C. The van der Waals surface area contributed by atoms with Gasteiger partial charge in [-0.15, -0.1) is 0 Å². The molecule has 0 saturated heterocycles. The molecule has 0 saturated carbocycles. The van der Waals surface area contributed by atoms with Crippen LogP contribution in [0.3, 0.4) is 0 Å². The Morgan fingerprint density at radius 1 is 1.17 bits per heavy atom. The van der Waals surface area contributed by atoms with E-state index in [0.29, 0.717) is 12.3 Å². The van der Waals surface area contributed by atoms with Crippen LogP contribution < -0.4 is 9.46 Å². The molecule has 0 fully saturated rings. The van der Waals surface area contributed by atoms with Crippen molar-refractivity contribution < 1.29 is 13.2 Å². The predicted octanol–water partition coefficient (Wildman–Crippen LogP) is 4.18. The van der Waals surface area contributed by atoms with E-state index in [2.05, 4.69) is 16.6 Å². The molecular weight excluding hydrogens is 324 g/mol. The summed E-state index contributed by atoms with van der Waals surface area (Å²) in [4.78, 5) is 4.11. The van der Waals surface area contributed by atoms with Gasteiger partial charge in [0.1, 0.15) is 5.75 Å². The zero-order valence-corrected chi connectivity index (χ0v) is 15.1. The number of rotatable bonds is 8. The third kappa shape index (κ3) is 4.71. The molecule has 0 radical (unpaired) electrons. The molecule has 0 spiro atoms. The van der Waals surface area contributed by atoms with E-state index in [9.17, 15) is 8.42 Å². The second-order valence-electron chi connectivity index (χ2n) is 5.90. The number of pyridine rings is 1. The fraction of sp³-hybridized carbons (Fsp3) is 0.389. The summed E-state index contributed by atoms with van der Waals surface area (Å²) in [5.41, 5.74) is 1.38. The Kier molecular flexibility index (Phi) is 6.20. The molecule has 0 atom stereocenters. The molecule has 1 heterocycles. The fourth-order valence-corrected chi connectivity index (χ4v) is 3.33. The van der Waals surface area contributed by atoms with Crippen LogP contribution in [-0.4, -0.2) is 20.0 Å². The molecule has 6 heteroatoms. The number of anilines is 1. The Labute approximate surface area is 144 Å². The summed E-state index contributed by atoms with van der Waals surface area (Å²) in [5, 5.41) is 0. The normalized spacial score (nSPS) is 11.5. The van der Waals surface area contributed by atoms with Crippen LogP contribution in [-0.2, 0) is 10.0 Å². The standard InChI is InChI=1S/C18H24N2O3S/c1-4-5-12-23-18-7-6-16(13-17(18)14(2)3)24(21,22)20-15-8-10-19-11-9-15/h6-11,13-14H,4-5,12H2,1-3H3,(H,19,20). The smallest absolute Gasteiger partial charge is 0.261 e. The molecule has 5 nitrogen and oxygen atoms in total. The first-order valence-electron chi connectivity index (χ1n) is 8.13. The van der Waals surface area contributed by atoms with Gasteiger partial charge in [-0.1, -0.05) is 27.2 Å². The fourth-order valence-electron chi connectivity index (χ4n) is 2.24. The van der Waals surface area contributed by atoms with Gasteiger partial charge in [-0.05, 0) is 48.2 Å². The van der Waals surface area contributed by atoms with Crippen LogP contribution in [0.2, 0.25) is 0 Å². The summed E-state index contributed by atoms with van der Waals surface area (Å²) in [6.07, 6.45) is 5.12. The van der Waals surface area contributed by atoms with Gasteiger partial charge in [0.05, 0.1) is 17.2 Å². The highest BCUT2D eigenvalue weighted by molar-refractivity contribution is 7.92. The van der Waals surface area contributed by atoms with Gasteiger partial charge in [0, 0.05) is 12.4 Å². The lowest BCUT2D eigenvalue weighted by Gasteiger charge is -2.16. The maximum Gasteiger partial charge on any atom is 0.261 e. The van der Waals surface area contributed by atoms with Gasteiger partial charge < -0.3 is 4.74 Å². The highest BCUT2D eigenvalue weighted by Crippen LogP contribution is 2.30. The predicted molar refractivity (Wildman–Crippen MR) is 96.0 cm³/mol. The Bertz CT molecular complexity index is 759. The number of aromatic nitrogens is 1. The summed E-state index contributed by atoms with van der Waals surface area (Å²) >= 11 is 0. The van der Waals surface area contributed by atoms with Crippen LogP contribution in [0, 0.1) is 0 Å². The lowest BCUT2D eigenvalue weighted by molar-refractivity contribution is 0.305. The first-order chi connectivity index (χ1) is 11.4. The number of benzene rings is 1. The van der Waals surface area contributed by atoms with Gasteiger partial charge in [-0.3, -0.25) is 9.71 Å². The van der Waals surface area contributed by atoms with Crippen molar-refractivity contribution in [3.05, 3.63) is 48.3 Å². The van der Waals surface area contributed by atoms with E-state index in [4.69, 9.17) is 4.74 Å². The zero-order valence-electron chi connectivity index (χ0n) is 14.3. The van der Waals surface area contributed by atoms with Gasteiger partial charge in [-0.25, -0.2) is 8.42 Å². The van der Waals surface area contributed by atoms with Crippen molar-refractivity contribution in [3.63, 3.8) is 0 Å². The van der Waals surface area contributed by atoms with Gasteiger partial charge >= 0.3 is 0 Å². The minimum Gasteiger partial charge on any atom is -0.493 e. The molecule has 0 unspecified atom stereocenters. The average molecular weight is 348 g/mol. The van der Waals surface area contributed by atoms with Crippen molar-refractivity contribution in [2.75, 3.05) is 11.3 Å². The van der Waals surface area contributed by atoms with Crippen molar-refractivity contribution in [2.24, 2.45) is 0 Å². The summed E-state index contributed by atoms with van der Waals surface area (Å²) in [6.45, 7) is 6.79. The molecule has 0 amide bonds. The van der Waals surface area contributed by atoms with Crippen LogP contribution >= 0.6 is 0 Å². The summed E-state index contributed by atoms with van der Waals surface area (Å²) in [6, 6.07) is 8.24. The van der Waals surface area contributed by atoms with Crippen LogP contribution in [0.25, 0.3) is 0 Å². The molecule has 0 aliphatic carbocycles. The Morgan fingerprint density at radius 2 is 1.88 bits per heavy atom. The van der Waals surface area contributed by atoms with Crippen LogP contribution in [0.1, 0.15) is 45.1 Å². The maximum atomic E-state index is 12.6. The van der Waals surface area contributed by atoms with E-state index in [1.54, 1.807) is 42.7 Å². The van der Waals surface area contributed by atoms with Crippen LogP contribution in [0.15, 0.2) is 47.6 Å². The number of ether oxygens (including phenoxy) is 1. The van der Waals surface area contributed by atoms with Crippen molar-refractivity contribution in [1.82, 2.24) is 4.98 Å². The first-order valence-corrected chi connectivity index (χ1v) is 9.62. The number of unbranched alkanes of at least 4 members (excludes halogenated alkanes) is 1. The number of nitrogens with zero attached hydrogens (tertiary/aromatic N) is 1. The number of hydrogen-bond donors (Lipinski definition) is 1.